The second-order valence-corrected chi connectivity index (χ2v) is 5.76. The average Bonchev–Trinajstić information content (AvgIpc) is 2.56. The van der Waals surface area contributed by atoms with Gasteiger partial charge in [-0.05, 0) is 36.6 Å². The topological polar surface area (TPSA) is 55.4 Å². The van der Waals surface area contributed by atoms with Crippen LogP contribution >= 0.6 is 0 Å². The van der Waals surface area contributed by atoms with Crippen LogP contribution in [0.3, 0.4) is 0 Å². The van der Waals surface area contributed by atoms with Gasteiger partial charge >= 0.3 is 18.3 Å². The maximum atomic E-state index is 12.8. The number of nitrogens with one attached hydrogen (secondary N) is 1. The maximum absolute atomic E-state index is 12.8. The molecule has 0 saturated carbocycles. The third-order valence-electron chi connectivity index (χ3n) is 3.39. The SMILES string of the molecule is CCCOC(=O)CCCC(=O)NCc1cc(C(F)(F)F)cc(C(F)(F)F)c1. The van der Waals surface area contributed by atoms with Gasteiger partial charge in [-0.3, -0.25) is 9.59 Å². The number of ether oxygens (including phenoxy) is 1. The third kappa shape index (κ3) is 8.31. The van der Waals surface area contributed by atoms with Crippen LogP contribution in [0.25, 0.3) is 0 Å². The molecule has 0 saturated heterocycles. The van der Waals surface area contributed by atoms with E-state index in [9.17, 15) is 35.9 Å². The van der Waals surface area contributed by atoms with Gasteiger partial charge in [-0.15, -0.1) is 0 Å². The van der Waals surface area contributed by atoms with Gasteiger partial charge in [-0.1, -0.05) is 6.92 Å². The maximum Gasteiger partial charge on any atom is 0.416 e. The fourth-order valence-corrected chi connectivity index (χ4v) is 2.09. The summed E-state index contributed by atoms with van der Waals surface area (Å²) < 4.78 is 81.4. The Morgan fingerprint density at radius 3 is 2.00 bits per heavy atom. The number of hydrogen-bond donors (Lipinski definition) is 1. The Balaban J connectivity index is 2.65. The monoisotopic (exact) mass is 399 g/mol. The van der Waals surface area contributed by atoms with E-state index in [0.717, 1.165) is 0 Å². The lowest BCUT2D eigenvalue weighted by atomic mass is 10.0. The molecule has 1 aromatic carbocycles. The van der Waals surface area contributed by atoms with Gasteiger partial charge in [0, 0.05) is 19.4 Å². The first-order valence-corrected chi connectivity index (χ1v) is 8.14. The van der Waals surface area contributed by atoms with E-state index in [1.54, 1.807) is 0 Å². The summed E-state index contributed by atoms with van der Waals surface area (Å²) in [6, 6.07) is 1.13. The van der Waals surface area contributed by atoms with Gasteiger partial charge in [-0.25, -0.2) is 0 Å². The Hall–Kier alpha value is -2.26. The molecular formula is C17H19F6NO3. The van der Waals surface area contributed by atoms with E-state index in [0.29, 0.717) is 18.6 Å². The van der Waals surface area contributed by atoms with Crippen LogP contribution in [-0.2, 0) is 33.2 Å². The molecule has 0 unspecified atom stereocenters. The molecule has 0 atom stereocenters. The number of rotatable bonds is 8. The van der Waals surface area contributed by atoms with Crippen molar-refractivity contribution in [3.63, 3.8) is 0 Å². The Bertz CT molecular complexity index is 623. The Labute approximate surface area is 151 Å². The van der Waals surface area contributed by atoms with Crippen molar-refractivity contribution < 1.29 is 40.7 Å². The minimum absolute atomic E-state index is 0.00476. The van der Waals surface area contributed by atoms with Gasteiger partial charge in [0.15, 0.2) is 0 Å². The van der Waals surface area contributed by atoms with Crippen LogP contribution < -0.4 is 5.32 Å². The van der Waals surface area contributed by atoms with Crippen LogP contribution in [0.15, 0.2) is 18.2 Å². The molecule has 0 aliphatic heterocycles. The van der Waals surface area contributed by atoms with Crippen molar-refractivity contribution >= 4 is 11.9 Å². The molecule has 27 heavy (non-hydrogen) atoms. The van der Waals surface area contributed by atoms with E-state index in [4.69, 9.17) is 4.74 Å². The van der Waals surface area contributed by atoms with Crippen molar-refractivity contribution in [1.82, 2.24) is 5.32 Å². The lowest BCUT2D eigenvalue weighted by Gasteiger charge is -2.14. The molecule has 152 valence electrons. The summed E-state index contributed by atoms with van der Waals surface area (Å²) in [5.41, 5.74) is -3.21. The van der Waals surface area contributed by atoms with E-state index < -0.39 is 41.9 Å². The van der Waals surface area contributed by atoms with Crippen LogP contribution in [0.4, 0.5) is 26.3 Å². The summed E-state index contributed by atoms with van der Waals surface area (Å²) in [7, 11) is 0. The molecule has 0 aromatic heterocycles. The lowest BCUT2D eigenvalue weighted by Crippen LogP contribution is -2.23. The molecule has 0 spiro atoms. The van der Waals surface area contributed by atoms with Crippen molar-refractivity contribution in [1.29, 1.82) is 0 Å². The molecule has 1 rings (SSSR count). The predicted molar refractivity (Wildman–Crippen MR) is 83.4 cm³/mol. The van der Waals surface area contributed by atoms with Gasteiger partial charge < -0.3 is 10.1 Å². The minimum atomic E-state index is -4.95. The van der Waals surface area contributed by atoms with Gasteiger partial charge in [0.05, 0.1) is 17.7 Å². The van der Waals surface area contributed by atoms with Gasteiger partial charge in [0.2, 0.25) is 5.91 Å². The van der Waals surface area contributed by atoms with E-state index >= 15 is 0 Å². The smallest absolute Gasteiger partial charge is 0.416 e. The van der Waals surface area contributed by atoms with Crippen LogP contribution in [0.2, 0.25) is 0 Å². The molecular weight excluding hydrogens is 380 g/mol. The van der Waals surface area contributed by atoms with Gasteiger partial charge in [0.1, 0.15) is 0 Å². The molecule has 0 aliphatic carbocycles. The normalized spacial score (nSPS) is 12.0. The number of esters is 1. The zero-order chi connectivity index (χ0) is 20.7. The summed E-state index contributed by atoms with van der Waals surface area (Å²) in [6.45, 7) is 1.59. The summed E-state index contributed by atoms with van der Waals surface area (Å²) in [5.74, 6) is -1.07. The molecule has 1 amide bonds. The van der Waals surface area contributed by atoms with Crippen LogP contribution in [0, 0.1) is 0 Å². The highest BCUT2D eigenvalue weighted by Crippen LogP contribution is 2.36. The number of amides is 1. The zero-order valence-electron chi connectivity index (χ0n) is 14.5. The van der Waals surface area contributed by atoms with E-state index in [1.807, 2.05) is 6.92 Å². The quantitative estimate of drug-likeness (QED) is 0.519. The highest BCUT2D eigenvalue weighted by Gasteiger charge is 2.36. The number of halogens is 6. The number of carbonyl (C=O) groups is 2. The first kappa shape index (κ1) is 22.8. The fourth-order valence-electron chi connectivity index (χ4n) is 2.09. The van der Waals surface area contributed by atoms with Crippen molar-refractivity contribution in [2.24, 2.45) is 0 Å². The largest absolute Gasteiger partial charge is 0.466 e. The van der Waals surface area contributed by atoms with Crippen LogP contribution in [0.1, 0.15) is 49.3 Å². The second kappa shape index (κ2) is 9.61. The zero-order valence-corrected chi connectivity index (χ0v) is 14.5. The molecule has 0 bridgehead atoms. The highest BCUT2D eigenvalue weighted by atomic mass is 19.4. The van der Waals surface area contributed by atoms with E-state index in [1.165, 1.54) is 0 Å². The Kier molecular flexibility index (Phi) is 8.11. The molecule has 10 heteroatoms. The van der Waals surface area contributed by atoms with E-state index in [2.05, 4.69) is 5.32 Å². The standard InChI is InChI=1S/C17H19F6NO3/c1-2-6-27-15(26)5-3-4-14(25)24-10-11-7-12(16(18,19)20)9-13(8-11)17(21,22)23/h7-9H,2-6,10H2,1H3,(H,24,25). The van der Waals surface area contributed by atoms with E-state index in [-0.39, 0.29) is 37.5 Å². The Morgan fingerprint density at radius 1 is 0.963 bits per heavy atom. The number of hydrogen-bond acceptors (Lipinski definition) is 3. The molecule has 0 fully saturated rings. The van der Waals surface area contributed by atoms with Gasteiger partial charge in [0.25, 0.3) is 0 Å². The second-order valence-electron chi connectivity index (χ2n) is 5.76. The first-order chi connectivity index (χ1) is 12.4. The number of benzene rings is 1. The summed E-state index contributed by atoms with van der Waals surface area (Å²) in [4.78, 5) is 22.9. The molecule has 0 radical (unpaired) electrons. The minimum Gasteiger partial charge on any atom is -0.466 e. The Morgan fingerprint density at radius 2 is 1.52 bits per heavy atom. The summed E-state index contributed by atoms with van der Waals surface area (Å²) >= 11 is 0. The average molecular weight is 399 g/mol. The predicted octanol–water partition coefficient (Wildman–Crippen LogP) is 4.46. The van der Waals surface area contributed by atoms with Crippen molar-refractivity contribution in [2.45, 2.75) is 51.5 Å². The number of carbonyl (C=O) groups excluding carboxylic acids is 2. The third-order valence-corrected chi connectivity index (χ3v) is 3.39. The summed E-state index contributed by atoms with van der Waals surface area (Å²) in [6.07, 6.45) is -9.19. The summed E-state index contributed by atoms with van der Waals surface area (Å²) in [5, 5.41) is 2.25. The lowest BCUT2D eigenvalue weighted by molar-refractivity contribution is -0.144. The molecule has 1 aromatic rings. The van der Waals surface area contributed by atoms with Gasteiger partial charge in [-0.2, -0.15) is 26.3 Å². The highest BCUT2D eigenvalue weighted by molar-refractivity contribution is 5.77. The van der Waals surface area contributed by atoms with Crippen molar-refractivity contribution in [3.05, 3.63) is 34.9 Å². The first-order valence-electron chi connectivity index (χ1n) is 8.14. The van der Waals surface area contributed by atoms with Crippen molar-refractivity contribution in [2.75, 3.05) is 6.61 Å². The fraction of sp³-hybridized carbons (Fsp3) is 0.529. The van der Waals surface area contributed by atoms with Crippen molar-refractivity contribution in [3.8, 4) is 0 Å². The van der Waals surface area contributed by atoms with Crippen LogP contribution in [-0.4, -0.2) is 18.5 Å². The molecule has 0 heterocycles. The number of alkyl halides is 6. The molecule has 4 nitrogen and oxygen atoms in total. The molecule has 0 aliphatic rings. The molecule has 1 N–H and O–H groups in total. The van der Waals surface area contributed by atoms with Crippen LogP contribution in [0.5, 0.6) is 0 Å².